The summed E-state index contributed by atoms with van der Waals surface area (Å²) >= 11 is 0. The van der Waals surface area contributed by atoms with Gasteiger partial charge in [0, 0.05) is 11.8 Å². The topological polar surface area (TPSA) is 105 Å². The maximum atomic E-state index is 9.70. The molecule has 0 bridgehead atoms. The highest BCUT2D eigenvalue weighted by Crippen LogP contribution is 2.26. The van der Waals surface area contributed by atoms with Crippen LogP contribution in [-0.4, -0.2) is 15.8 Å². The van der Waals surface area contributed by atoms with Crippen LogP contribution in [0.3, 0.4) is 0 Å². The van der Waals surface area contributed by atoms with Gasteiger partial charge in [0.25, 0.3) is 0 Å². The summed E-state index contributed by atoms with van der Waals surface area (Å²) < 4.78 is 0. The van der Waals surface area contributed by atoms with E-state index in [0.29, 0.717) is 11.4 Å². The number of benzene rings is 1. The number of nitrogens with zero attached hydrogens (tertiary/aromatic N) is 4. The van der Waals surface area contributed by atoms with Crippen molar-refractivity contribution in [1.29, 1.82) is 10.5 Å². The van der Waals surface area contributed by atoms with E-state index in [2.05, 4.69) is 15.5 Å². The zero-order valence-electron chi connectivity index (χ0n) is 10.3. The summed E-state index contributed by atoms with van der Waals surface area (Å²) in [6.45, 7) is 0. The van der Waals surface area contributed by atoms with Crippen LogP contribution in [0.1, 0.15) is 0 Å². The Bertz CT molecular complexity index is 706. The summed E-state index contributed by atoms with van der Waals surface area (Å²) in [5.41, 5.74) is 4.20. The molecular formula is C14H9N5O. The second-order valence-corrected chi connectivity index (χ2v) is 3.74. The molecule has 20 heavy (non-hydrogen) atoms. The minimum Gasteiger partial charge on any atom is -0.506 e. The summed E-state index contributed by atoms with van der Waals surface area (Å²) in [6, 6.07) is 13.4. The van der Waals surface area contributed by atoms with Gasteiger partial charge in [-0.1, -0.05) is 12.1 Å². The molecule has 0 aliphatic carbocycles. The molecule has 2 aromatic rings. The number of aromatic hydroxyl groups is 1. The average molecular weight is 263 g/mol. The van der Waals surface area contributed by atoms with Gasteiger partial charge in [0.1, 0.15) is 23.6 Å². The Morgan fingerprint density at radius 2 is 1.85 bits per heavy atom. The van der Waals surface area contributed by atoms with E-state index >= 15 is 0 Å². The van der Waals surface area contributed by atoms with Crippen LogP contribution in [0.2, 0.25) is 0 Å². The van der Waals surface area contributed by atoms with Gasteiger partial charge in [0.15, 0.2) is 0 Å². The van der Waals surface area contributed by atoms with E-state index < -0.39 is 0 Å². The Morgan fingerprint density at radius 3 is 2.45 bits per heavy atom. The van der Waals surface area contributed by atoms with Crippen LogP contribution in [-0.2, 0) is 0 Å². The molecule has 1 aromatic heterocycles. The highest BCUT2D eigenvalue weighted by molar-refractivity contribution is 6.10. The molecule has 0 saturated carbocycles. The number of nitriles is 2. The van der Waals surface area contributed by atoms with Crippen molar-refractivity contribution in [2.75, 3.05) is 5.43 Å². The van der Waals surface area contributed by atoms with Crippen LogP contribution >= 0.6 is 0 Å². The Balaban J connectivity index is 2.20. The molecule has 1 aromatic carbocycles. The predicted octanol–water partition coefficient (Wildman–Crippen LogP) is 2.27. The minimum absolute atomic E-state index is 0.0995. The molecule has 0 aliphatic heterocycles. The molecule has 2 N–H and O–H groups in total. The highest BCUT2D eigenvalue weighted by Gasteiger charge is 2.04. The molecule has 0 spiro atoms. The monoisotopic (exact) mass is 263 g/mol. The van der Waals surface area contributed by atoms with E-state index in [0.717, 1.165) is 5.56 Å². The van der Waals surface area contributed by atoms with Gasteiger partial charge in [-0.15, -0.1) is 0 Å². The Hall–Kier alpha value is -3.38. The normalized spacial score (nSPS) is 9.10. The average Bonchev–Trinajstić information content (AvgIpc) is 2.49. The second-order valence-electron chi connectivity index (χ2n) is 3.74. The smallest absolute Gasteiger partial charge is 0.237 e. The van der Waals surface area contributed by atoms with Crippen molar-refractivity contribution >= 4 is 11.4 Å². The van der Waals surface area contributed by atoms with Gasteiger partial charge >= 0.3 is 0 Å². The molecule has 0 amide bonds. The van der Waals surface area contributed by atoms with Crippen molar-refractivity contribution in [3.8, 4) is 29.1 Å². The van der Waals surface area contributed by atoms with Gasteiger partial charge in [-0.2, -0.15) is 15.6 Å². The molecule has 0 atom stereocenters. The first-order valence-electron chi connectivity index (χ1n) is 5.63. The van der Waals surface area contributed by atoms with E-state index in [4.69, 9.17) is 10.5 Å². The standard InChI is InChI=1S/C14H9N5O/c15-8-12(9-16)19-18-11-5-3-10(4-6-11)14-13(20)2-1-7-17-14/h1-7,18,20H. The highest BCUT2D eigenvalue weighted by atomic mass is 16.3. The number of hydrogen-bond donors (Lipinski definition) is 2. The number of aromatic nitrogens is 1. The molecule has 0 unspecified atom stereocenters. The van der Waals surface area contributed by atoms with Gasteiger partial charge in [-0.25, -0.2) is 0 Å². The third-order valence-corrected chi connectivity index (χ3v) is 2.45. The molecule has 1 heterocycles. The minimum atomic E-state index is -0.253. The molecule has 0 radical (unpaired) electrons. The van der Waals surface area contributed by atoms with E-state index in [-0.39, 0.29) is 11.5 Å². The maximum Gasteiger partial charge on any atom is 0.237 e. The SMILES string of the molecule is N#CC(C#N)=NNc1ccc(-c2ncccc2O)cc1. The molecule has 6 nitrogen and oxygen atoms in total. The number of rotatable bonds is 3. The van der Waals surface area contributed by atoms with Crippen LogP contribution in [0, 0.1) is 22.7 Å². The van der Waals surface area contributed by atoms with E-state index in [1.165, 1.54) is 0 Å². The summed E-state index contributed by atoms with van der Waals surface area (Å²) in [5, 5.41) is 30.4. The van der Waals surface area contributed by atoms with E-state index in [1.807, 2.05) is 0 Å². The summed E-state index contributed by atoms with van der Waals surface area (Å²) in [5.74, 6) is 0.0995. The summed E-state index contributed by atoms with van der Waals surface area (Å²) in [4.78, 5) is 4.09. The lowest BCUT2D eigenvalue weighted by Gasteiger charge is -2.04. The molecule has 96 valence electrons. The Morgan fingerprint density at radius 1 is 1.15 bits per heavy atom. The van der Waals surface area contributed by atoms with E-state index in [9.17, 15) is 5.11 Å². The third-order valence-electron chi connectivity index (χ3n) is 2.45. The molecule has 6 heteroatoms. The second kappa shape index (κ2) is 5.98. The summed E-state index contributed by atoms with van der Waals surface area (Å²) in [6.07, 6.45) is 1.59. The van der Waals surface area contributed by atoms with Gasteiger partial charge < -0.3 is 5.11 Å². The van der Waals surface area contributed by atoms with Crippen LogP contribution < -0.4 is 5.43 Å². The number of pyridine rings is 1. The Labute approximate surface area is 115 Å². The van der Waals surface area contributed by atoms with Crippen LogP contribution in [0.5, 0.6) is 5.75 Å². The number of hydrazone groups is 1. The van der Waals surface area contributed by atoms with Crippen molar-refractivity contribution in [2.45, 2.75) is 0 Å². The lowest BCUT2D eigenvalue weighted by atomic mass is 10.1. The largest absolute Gasteiger partial charge is 0.506 e. The lowest BCUT2D eigenvalue weighted by molar-refractivity contribution is 0.475. The molecule has 0 fully saturated rings. The zero-order chi connectivity index (χ0) is 14.4. The number of nitrogens with one attached hydrogen (secondary N) is 1. The third kappa shape index (κ3) is 2.89. The number of hydrogen-bond acceptors (Lipinski definition) is 6. The van der Waals surface area contributed by atoms with Crippen molar-refractivity contribution in [3.05, 3.63) is 42.6 Å². The quantitative estimate of drug-likeness (QED) is 0.652. The van der Waals surface area contributed by atoms with Crippen molar-refractivity contribution in [2.24, 2.45) is 5.10 Å². The first-order chi connectivity index (χ1) is 9.74. The van der Waals surface area contributed by atoms with Crippen molar-refractivity contribution in [3.63, 3.8) is 0 Å². The fraction of sp³-hybridized carbons (Fsp3) is 0. The van der Waals surface area contributed by atoms with E-state index in [1.54, 1.807) is 54.7 Å². The van der Waals surface area contributed by atoms with Crippen LogP contribution in [0.25, 0.3) is 11.3 Å². The molecular weight excluding hydrogens is 254 g/mol. The van der Waals surface area contributed by atoms with Crippen molar-refractivity contribution in [1.82, 2.24) is 4.98 Å². The van der Waals surface area contributed by atoms with Gasteiger partial charge in [-0.3, -0.25) is 10.4 Å². The summed E-state index contributed by atoms with van der Waals surface area (Å²) in [7, 11) is 0. The zero-order valence-corrected chi connectivity index (χ0v) is 10.3. The molecule has 2 rings (SSSR count). The van der Waals surface area contributed by atoms with Crippen LogP contribution in [0.15, 0.2) is 47.7 Å². The van der Waals surface area contributed by atoms with Gasteiger partial charge in [-0.05, 0) is 24.3 Å². The first kappa shape index (κ1) is 13.1. The Kier molecular flexibility index (Phi) is 3.91. The van der Waals surface area contributed by atoms with Crippen LogP contribution in [0.4, 0.5) is 5.69 Å². The fourth-order valence-corrected chi connectivity index (χ4v) is 1.52. The van der Waals surface area contributed by atoms with Crippen molar-refractivity contribution < 1.29 is 5.11 Å². The lowest BCUT2D eigenvalue weighted by Crippen LogP contribution is -1.96. The fourth-order valence-electron chi connectivity index (χ4n) is 1.52. The first-order valence-corrected chi connectivity index (χ1v) is 5.63. The van der Waals surface area contributed by atoms with Gasteiger partial charge in [0.2, 0.25) is 5.71 Å². The van der Waals surface area contributed by atoms with Gasteiger partial charge in [0.05, 0.1) is 5.69 Å². The number of anilines is 1. The predicted molar refractivity (Wildman–Crippen MR) is 73.6 cm³/mol. The molecule has 0 saturated heterocycles. The maximum absolute atomic E-state index is 9.70. The molecule has 0 aliphatic rings.